The lowest BCUT2D eigenvalue weighted by Gasteiger charge is -2.14. The number of thiazole rings is 1. The molecule has 0 amide bonds. The smallest absolute Gasteiger partial charge is 0.188 e. The average molecular weight is 322 g/mol. The Morgan fingerprint density at radius 2 is 1.91 bits per heavy atom. The molecule has 0 radical (unpaired) electrons. The van der Waals surface area contributed by atoms with Gasteiger partial charge in [-0.3, -0.25) is 4.90 Å². The topological polar surface area (TPSA) is 41.9 Å². The molecule has 1 aliphatic heterocycles. The maximum Gasteiger partial charge on any atom is 0.188 e. The van der Waals surface area contributed by atoms with Gasteiger partial charge < -0.3 is 0 Å². The first kappa shape index (κ1) is 14.5. The Hall–Kier alpha value is -2.11. The van der Waals surface area contributed by atoms with Crippen LogP contribution in [0.3, 0.4) is 0 Å². The average Bonchev–Trinajstić information content (AvgIpc) is 3.27. The van der Waals surface area contributed by atoms with Crippen molar-refractivity contribution in [1.82, 2.24) is 19.9 Å². The Balaban J connectivity index is 1.41. The number of hydrogen-bond acceptors (Lipinski definition) is 5. The van der Waals surface area contributed by atoms with Gasteiger partial charge in [-0.2, -0.15) is 0 Å². The Labute approximate surface area is 139 Å². The van der Waals surface area contributed by atoms with Crippen molar-refractivity contribution in [3.8, 4) is 10.8 Å². The highest BCUT2D eigenvalue weighted by atomic mass is 32.1. The zero-order chi connectivity index (χ0) is 15.5. The molecule has 3 heterocycles. The molecule has 23 heavy (non-hydrogen) atoms. The van der Waals surface area contributed by atoms with Crippen LogP contribution < -0.4 is 0 Å². The van der Waals surface area contributed by atoms with Crippen LogP contribution in [0, 0.1) is 0 Å². The Morgan fingerprint density at radius 1 is 1.09 bits per heavy atom. The Bertz CT molecular complexity index is 757. The number of likely N-dealkylation sites (tertiary alicyclic amines) is 1. The lowest BCUT2D eigenvalue weighted by Crippen LogP contribution is -2.19. The van der Waals surface area contributed by atoms with Gasteiger partial charge in [-0.15, -0.1) is 11.3 Å². The number of benzene rings is 1. The molecule has 116 valence electrons. The molecule has 0 aliphatic carbocycles. The van der Waals surface area contributed by atoms with Gasteiger partial charge in [-0.25, -0.2) is 15.0 Å². The zero-order valence-corrected chi connectivity index (χ0v) is 13.6. The quantitative estimate of drug-likeness (QED) is 0.736. The van der Waals surface area contributed by atoms with Crippen LogP contribution in [0.15, 0.2) is 54.2 Å². The van der Waals surface area contributed by atoms with E-state index in [1.54, 1.807) is 23.7 Å². The standard InChI is InChI=1S/C18H18N4S/c1-2-5-14(6-3-1)15-7-10-22(11-15)12-16-13-23-18(21-16)17-19-8-4-9-20-17/h1-6,8-9,13,15H,7,10-12H2/t15-/m1/s1. The van der Waals surface area contributed by atoms with E-state index in [1.807, 2.05) is 6.07 Å². The molecular weight excluding hydrogens is 304 g/mol. The molecule has 1 fully saturated rings. The molecular formula is C18H18N4S. The number of aromatic nitrogens is 3. The molecule has 1 atom stereocenters. The van der Waals surface area contributed by atoms with Gasteiger partial charge in [-0.1, -0.05) is 30.3 Å². The van der Waals surface area contributed by atoms with E-state index in [1.165, 1.54) is 12.0 Å². The summed E-state index contributed by atoms with van der Waals surface area (Å²) in [6, 6.07) is 12.6. The number of nitrogens with zero attached hydrogens (tertiary/aromatic N) is 4. The van der Waals surface area contributed by atoms with Crippen LogP contribution in [0.1, 0.15) is 23.6 Å². The van der Waals surface area contributed by atoms with Crippen molar-refractivity contribution < 1.29 is 0 Å². The van der Waals surface area contributed by atoms with E-state index in [4.69, 9.17) is 4.98 Å². The second-order valence-corrected chi connectivity index (χ2v) is 6.71. The van der Waals surface area contributed by atoms with E-state index >= 15 is 0 Å². The van der Waals surface area contributed by atoms with E-state index in [-0.39, 0.29) is 0 Å². The zero-order valence-electron chi connectivity index (χ0n) is 12.8. The molecule has 4 nitrogen and oxygen atoms in total. The minimum Gasteiger partial charge on any atom is -0.297 e. The van der Waals surface area contributed by atoms with E-state index in [9.17, 15) is 0 Å². The van der Waals surface area contributed by atoms with Crippen molar-refractivity contribution in [2.24, 2.45) is 0 Å². The third-order valence-electron chi connectivity index (χ3n) is 4.24. The third kappa shape index (κ3) is 3.30. The first-order chi connectivity index (χ1) is 11.4. The summed E-state index contributed by atoms with van der Waals surface area (Å²) in [7, 11) is 0. The van der Waals surface area contributed by atoms with Crippen LogP contribution in [-0.4, -0.2) is 32.9 Å². The fraction of sp³-hybridized carbons (Fsp3) is 0.278. The van der Waals surface area contributed by atoms with Gasteiger partial charge in [0.2, 0.25) is 0 Å². The van der Waals surface area contributed by atoms with Gasteiger partial charge in [0.25, 0.3) is 0 Å². The fourth-order valence-corrected chi connectivity index (χ4v) is 3.85. The summed E-state index contributed by atoms with van der Waals surface area (Å²) in [5.74, 6) is 1.36. The van der Waals surface area contributed by atoms with Crippen molar-refractivity contribution in [2.75, 3.05) is 13.1 Å². The van der Waals surface area contributed by atoms with Crippen molar-refractivity contribution in [3.63, 3.8) is 0 Å². The highest BCUT2D eigenvalue weighted by Gasteiger charge is 2.24. The summed E-state index contributed by atoms with van der Waals surface area (Å²) < 4.78 is 0. The third-order valence-corrected chi connectivity index (χ3v) is 5.12. The Kier molecular flexibility index (Phi) is 4.13. The molecule has 4 rings (SSSR count). The summed E-state index contributed by atoms with van der Waals surface area (Å²) in [5.41, 5.74) is 2.57. The SMILES string of the molecule is c1ccc([C@@H]2CCN(Cc3csc(-c4ncccn4)n3)C2)cc1. The molecule has 0 N–H and O–H groups in total. The van der Waals surface area contributed by atoms with Gasteiger partial charge in [0.05, 0.1) is 5.69 Å². The summed E-state index contributed by atoms with van der Waals surface area (Å²) in [6.07, 6.45) is 4.74. The minimum absolute atomic E-state index is 0.645. The van der Waals surface area contributed by atoms with Crippen LogP contribution in [0.4, 0.5) is 0 Å². The molecule has 1 saturated heterocycles. The van der Waals surface area contributed by atoms with Gasteiger partial charge in [0, 0.05) is 30.9 Å². The molecule has 1 aromatic carbocycles. The summed E-state index contributed by atoms with van der Waals surface area (Å²) in [5, 5.41) is 3.03. The van der Waals surface area contributed by atoms with Crippen LogP contribution in [0.2, 0.25) is 0 Å². The molecule has 0 spiro atoms. The lowest BCUT2D eigenvalue weighted by molar-refractivity contribution is 0.323. The van der Waals surface area contributed by atoms with E-state index in [0.717, 1.165) is 30.3 Å². The molecule has 0 saturated carbocycles. The molecule has 5 heteroatoms. The van der Waals surface area contributed by atoms with Crippen molar-refractivity contribution in [2.45, 2.75) is 18.9 Å². The number of hydrogen-bond donors (Lipinski definition) is 0. The first-order valence-corrected chi connectivity index (χ1v) is 8.75. The van der Waals surface area contributed by atoms with Gasteiger partial charge in [0.1, 0.15) is 0 Å². The largest absolute Gasteiger partial charge is 0.297 e. The maximum absolute atomic E-state index is 4.69. The van der Waals surface area contributed by atoms with Crippen molar-refractivity contribution in [3.05, 3.63) is 65.4 Å². The van der Waals surface area contributed by atoms with Crippen LogP contribution >= 0.6 is 11.3 Å². The van der Waals surface area contributed by atoms with Crippen molar-refractivity contribution >= 4 is 11.3 Å². The van der Waals surface area contributed by atoms with Crippen LogP contribution in [0.5, 0.6) is 0 Å². The molecule has 1 aliphatic rings. The van der Waals surface area contributed by atoms with Gasteiger partial charge >= 0.3 is 0 Å². The second kappa shape index (κ2) is 6.56. The summed E-state index contributed by atoms with van der Waals surface area (Å²) >= 11 is 1.62. The lowest BCUT2D eigenvalue weighted by atomic mass is 9.99. The highest BCUT2D eigenvalue weighted by Crippen LogP contribution is 2.28. The molecule has 0 bridgehead atoms. The monoisotopic (exact) mass is 322 g/mol. The molecule has 3 aromatic rings. The molecule has 0 unspecified atom stereocenters. The van der Waals surface area contributed by atoms with Crippen molar-refractivity contribution in [1.29, 1.82) is 0 Å². The number of rotatable bonds is 4. The van der Waals surface area contributed by atoms with E-state index in [2.05, 4.69) is 50.6 Å². The highest BCUT2D eigenvalue weighted by molar-refractivity contribution is 7.13. The fourth-order valence-electron chi connectivity index (χ4n) is 3.09. The predicted molar refractivity (Wildman–Crippen MR) is 92.2 cm³/mol. The second-order valence-electron chi connectivity index (χ2n) is 5.85. The van der Waals surface area contributed by atoms with Gasteiger partial charge in [-0.05, 0) is 30.5 Å². The van der Waals surface area contributed by atoms with Gasteiger partial charge in [0.15, 0.2) is 10.8 Å². The van der Waals surface area contributed by atoms with E-state index < -0.39 is 0 Å². The summed E-state index contributed by atoms with van der Waals surface area (Å²) in [4.78, 5) is 15.7. The minimum atomic E-state index is 0.645. The predicted octanol–water partition coefficient (Wildman–Crippen LogP) is 3.59. The van der Waals surface area contributed by atoms with Crippen LogP contribution in [0.25, 0.3) is 10.8 Å². The maximum atomic E-state index is 4.69. The Morgan fingerprint density at radius 3 is 2.74 bits per heavy atom. The molecule has 2 aromatic heterocycles. The van der Waals surface area contributed by atoms with Crippen LogP contribution in [-0.2, 0) is 6.54 Å². The van der Waals surface area contributed by atoms with E-state index in [0.29, 0.717) is 11.7 Å². The normalized spacial score (nSPS) is 18.3. The summed E-state index contributed by atoms with van der Waals surface area (Å²) in [6.45, 7) is 3.15. The first-order valence-electron chi connectivity index (χ1n) is 7.87.